The highest BCUT2D eigenvalue weighted by molar-refractivity contribution is 6.05. The smallest absolute Gasteiger partial charge is 0.255 e. The van der Waals surface area contributed by atoms with Gasteiger partial charge in [0.2, 0.25) is 11.8 Å². The lowest BCUT2D eigenvalue weighted by atomic mass is 10.0. The Morgan fingerprint density at radius 1 is 1.03 bits per heavy atom. The summed E-state index contributed by atoms with van der Waals surface area (Å²) < 4.78 is 1.90. The second-order valence-corrected chi connectivity index (χ2v) is 8.44. The first kappa shape index (κ1) is 20.1. The Morgan fingerprint density at radius 3 is 2.53 bits per heavy atom. The quantitative estimate of drug-likeness (QED) is 0.643. The van der Waals surface area contributed by atoms with Gasteiger partial charge in [0.05, 0.1) is 0 Å². The van der Waals surface area contributed by atoms with Crippen LogP contribution < -0.4 is 5.32 Å². The van der Waals surface area contributed by atoms with E-state index in [4.69, 9.17) is 10.1 Å². The third-order valence-electron chi connectivity index (χ3n) is 5.93. The van der Waals surface area contributed by atoms with E-state index in [1.807, 2.05) is 47.1 Å². The zero-order valence-corrected chi connectivity index (χ0v) is 17.9. The van der Waals surface area contributed by atoms with Gasteiger partial charge < -0.3 is 4.90 Å². The zero-order chi connectivity index (χ0) is 22.4. The van der Waals surface area contributed by atoms with Crippen molar-refractivity contribution in [3.05, 3.63) is 59.7 Å². The van der Waals surface area contributed by atoms with Gasteiger partial charge in [-0.25, -0.2) is 9.67 Å². The lowest BCUT2D eigenvalue weighted by Crippen LogP contribution is -2.52. The van der Waals surface area contributed by atoms with E-state index in [1.165, 1.54) is 0 Å². The van der Waals surface area contributed by atoms with E-state index in [-0.39, 0.29) is 24.3 Å². The maximum atomic E-state index is 12.9. The number of piperidine rings is 1. The Balaban J connectivity index is 1.47. The molecule has 1 N–H and O–H groups in total. The van der Waals surface area contributed by atoms with Gasteiger partial charge in [0.15, 0.2) is 11.6 Å². The molecule has 2 aliphatic heterocycles. The van der Waals surface area contributed by atoms with Gasteiger partial charge in [-0.3, -0.25) is 19.7 Å². The number of imide groups is 1. The van der Waals surface area contributed by atoms with Crippen molar-refractivity contribution < 1.29 is 14.4 Å². The summed E-state index contributed by atoms with van der Waals surface area (Å²) >= 11 is 0. The van der Waals surface area contributed by atoms with Crippen LogP contribution >= 0.6 is 0 Å². The highest BCUT2D eigenvalue weighted by atomic mass is 16.2. The van der Waals surface area contributed by atoms with E-state index in [0.717, 1.165) is 22.5 Å². The third-order valence-corrected chi connectivity index (χ3v) is 5.93. The number of fused-ring (bicyclic) bond motifs is 1. The highest BCUT2D eigenvalue weighted by Gasteiger charge is 2.39. The first-order valence-electron chi connectivity index (χ1n) is 10.7. The van der Waals surface area contributed by atoms with Crippen LogP contribution in [0.1, 0.15) is 48.7 Å². The maximum absolute atomic E-state index is 12.9. The minimum Gasteiger partial charge on any atom is -0.322 e. The number of amides is 3. The average Bonchev–Trinajstić information content (AvgIpc) is 3.37. The molecular weight excluding hydrogens is 406 g/mol. The number of carbonyl (C=O) groups is 3. The number of hydrogen-bond acceptors (Lipinski definition) is 5. The molecule has 3 amide bonds. The molecule has 3 heterocycles. The lowest BCUT2D eigenvalue weighted by Gasteiger charge is -2.29. The molecule has 8 heteroatoms. The topological polar surface area (TPSA) is 97.2 Å². The van der Waals surface area contributed by atoms with Crippen LogP contribution in [0, 0.1) is 0 Å². The van der Waals surface area contributed by atoms with E-state index in [1.54, 1.807) is 11.0 Å². The molecule has 1 unspecified atom stereocenters. The molecule has 1 atom stereocenters. The second-order valence-electron chi connectivity index (χ2n) is 8.44. The summed E-state index contributed by atoms with van der Waals surface area (Å²) in [6, 6.07) is 15.0. The van der Waals surface area contributed by atoms with Crippen LogP contribution in [0.25, 0.3) is 22.8 Å². The molecule has 0 spiro atoms. The fraction of sp³-hybridized carbons (Fsp3) is 0.292. The van der Waals surface area contributed by atoms with Gasteiger partial charge in [-0.1, -0.05) is 36.4 Å². The Kier molecular flexibility index (Phi) is 4.84. The van der Waals surface area contributed by atoms with Crippen molar-refractivity contribution in [3.8, 4) is 22.8 Å². The summed E-state index contributed by atoms with van der Waals surface area (Å²) in [5.74, 6) is 0.488. The van der Waals surface area contributed by atoms with E-state index >= 15 is 0 Å². The van der Waals surface area contributed by atoms with Crippen molar-refractivity contribution in [2.75, 3.05) is 0 Å². The number of nitrogens with one attached hydrogen (secondary N) is 1. The summed E-state index contributed by atoms with van der Waals surface area (Å²) in [7, 11) is 0. The summed E-state index contributed by atoms with van der Waals surface area (Å²) in [4.78, 5) is 43.0. The van der Waals surface area contributed by atoms with Crippen molar-refractivity contribution in [2.45, 2.75) is 45.3 Å². The van der Waals surface area contributed by atoms with Crippen molar-refractivity contribution in [3.63, 3.8) is 0 Å². The van der Waals surface area contributed by atoms with Crippen LogP contribution in [0.4, 0.5) is 0 Å². The maximum Gasteiger partial charge on any atom is 0.255 e. The van der Waals surface area contributed by atoms with Gasteiger partial charge in [0.25, 0.3) is 5.91 Å². The Labute approximate surface area is 185 Å². The fourth-order valence-electron chi connectivity index (χ4n) is 4.30. The number of nitrogens with zero attached hydrogens (tertiary/aromatic N) is 4. The molecule has 3 aromatic rings. The van der Waals surface area contributed by atoms with Crippen molar-refractivity contribution in [1.29, 1.82) is 0 Å². The molecule has 0 bridgehead atoms. The highest BCUT2D eigenvalue weighted by Crippen LogP contribution is 2.31. The van der Waals surface area contributed by atoms with E-state index in [9.17, 15) is 14.4 Å². The van der Waals surface area contributed by atoms with E-state index in [2.05, 4.69) is 19.2 Å². The van der Waals surface area contributed by atoms with Crippen LogP contribution in [0.2, 0.25) is 0 Å². The predicted octanol–water partition coefficient (Wildman–Crippen LogP) is 2.95. The van der Waals surface area contributed by atoms with E-state index < -0.39 is 11.9 Å². The molecule has 0 saturated carbocycles. The minimum absolute atomic E-state index is 0.130. The largest absolute Gasteiger partial charge is 0.322 e. The van der Waals surface area contributed by atoms with Gasteiger partial charge in [-0.05, 0) is 38.0 Å². The first-order chi connectivity index (χ1) is 15.4. The molecule has 1 aromatic heterocycles. The lowest BCUT2D eigenvalue weighted by molar-refractivity contribution is -0.136. The fourth-order valence-corrected chi connectivity index (χ4v) is 4.30. The monoisotopic (exact) mass is 429 g/mol. The van der Waals surface area contributed by atoms with Crippen LogP contribution in [-0.4, -0.2) is 43.4 Å². The van der Waals surface area contributed by atoms with E-state index in [0.29, 0.717) is 24.4 Å². The van der Waals surface area contributed by atoms with Gasteiger partial charge in [0, 0.05) is 35.7 Å². The third kappa shape index (κ3) is 3.37. The second kappa shape index (κ2) is 7.71. The van der Waals surface area contributed by atoms with Gasteiger partial charge >= 0.3 is 0 Å². The standard InChI is InChI=1S/C24H23N5O3/c1-14(2)29-22(15-6-4-3-5-7-15)26-21(27-29)16-8-9-18-17(12-16)13-28(24(18)32)19-10-11-20(30)25-23(19)31/h3-9,12,14,19H,10-11,13H2,1-2H3,(H,25,30,31). The molecule has 1 fully saturated rings. The summed E-state index contributed by atoms with van der Waals surface area (Å²) in [5.41, 5.74) is 3.21. The molecule has 0 radical (unpaired) electrons. The van der Waals surface area contributed by atoms with Crippen LogP contribution in [0.3, 0.4) is 0 Å². The Hall–Kier alpha value is -3.81. The van der Waals surface area contributed by atoms with Gasteiger partial charge in [0.1, 0.15) is 6.04 Å². The predicted molar refractivity (Wildman–Crippen MR) is 117 cm³/mol. The number of hydrogen-bond donors (Lipinski definition) is 1. The Bertz CT molecular complexity index is 1230. The molecule has 1 saturated heterocycles. The molecule has 8 nitrogen and oxygen atoms in total. The van der Waals surface area contributed by atoms with Crippen molar-refractivity contribution in [1.82, 2.24) is 25.0 Å². The van der Waals surface area contributed by atoms with Gasteiger partial charge in [-0.15, -0.1) is 0 Å². The molecule has 2 aromatic carbocycles. The first-order valence-corrected chi connectivity index (χ1v) is 10.7. The summed E-state index contributed by atoms with van der Waals surface area (Å²) in [6.45, 7) is 4.44. The molecule has 2 aliphatic rings. The summed E-state index contributed by atoms with van der Waals surface area (Å²) in [5, 5.41) is 7.07. The summed E-state index contributed by atoms with van der Waals surface area (Å²) in [6.07, 6.45) is 0.582. The van der Waals surface area contributed by atoms with Gasteiger partial charge in [-0.2, -0.15) is 5.10 Å². The molecule has 162 valence electrons. The Morgan fingerprint density at radius 2 is 1.81 bits per heavy atom. The zero-order valence-electron chi connectivity index (χ0n) is 17.9. The molecular formula is C24H23N5O3. The number of carbonyl (C=O) groups excluding carboxylic acids is 3. The SMILES string of the molecule is CC(C)n1nc(-c2ccc3c(c2)CN(C2CCC(=O)NC2=O)C3=O)nc1-c1ccccc1. The van der Waals surface area contributed by atoms with Crippen LogP contribution in [0.5, 0.6) is 0 Å². The van der Waals surface area contributed by atoms with Crippen molar-refractivity contribution >= 4 is 17.7 Å². The molecule has 32 heavy (non-hydrogen) atoms. The number of benzene rings is 2. The number of aromatic nitrogens is 3. The number of rotatable bonds is 4. The van der Waals surface area contributed by atoms with Crippen molar-refractivity contribution in [2.24, 2.45) is 0 Å². The normalized spacial score (nSPS) is 18.3. The molecule has 0 aliphatic carbocycles. The van der Waals surface area contributed by atoms with Crippen LogP contribution in [0.15, 0.2) is 48.5 Å². The average molecular weight is 429 g/mol. The molecule has 5 rings (SSSR count). The van der Waals surface area contributed by atoms with Crippen LogP contribution in [-0.2, 0) is 16.1 Å². The minimum atomic E-state index is -0.626.